The number of rotatable bonds is 5. The van der Waals surface area contributed by atoms with Crippen LogP contribution < -0.4 is 5.32 Å². The fraction of sp³-hybridized carbons (Fsp3) is 0.545. The molecule has 14 heavy (non-hydrogen) atoms. The molecule has 0 bridgehead atoms. The number of pyridine rings is 1. The minimum Gasteiger partial charge on any atom is -0.372 e. The Morgan fingerprint density at radius 1 is 1.50 bits per heavy atom. The quantitative estimate of drug-likeness (QED) is 0.771. The molecule has 1 aromatic heterocycles. The van der Waals surface area contributed by atoms with Gasteiger partial charge in [0.1, 0.15) is 0 Å². The maximum atomic E-state index is 5.62. The fourth-order valence-electron chi connectivity index (χ4n) is 1.28. The van der Waals surface area contributed by atoms with E-state index in [1.54, 1.807) is 0 Å². The highest BCUT2D eigenvalue weighted by molar-refractivity contribution is 5.15. The summed E-state index contributed by atoms with van der Waals surface area (Å²) < 4.78 is 5.62. The molecular weight excluding hydrogens is 176 g/mol. The SMILES string of the molecule is CNCC(C)OCc1cncc(C)c1. The molecule has 0 aliphatic carbocycles. The van der Waals surface area contributed by atoms with Gasteiger partial charge in [-0.2, -0.15) is 0 Å². The third-order valence-electron chi connectivity index (χ3n) is 1.96. The average Bonchev–Trinajstić information content (AvgIpc) is 2.15. The lowest BCUT2D eigenvalue weighted by molar-refractivity contribution is 0.0543. The Kier molecular flexibility index (Phi) is 4.56. The van der Waals surface area contributed by atoms with Crippen molar-refractivity contribution in [1.29, 1.82) is 0 Å². The van der Waals surface area contributed by atoms with Gasteiger partial charge in [-0.15, -0.1) is 0 Å². The summed E-state index contributed by atoms with van der Waals surface area (Å²) in [5.41, 5.74) is 2.31. The van der Waals surface area contributed by atoms with Gasteiger partial charge in [0, 0.05) is 18.9 Å². The van der Waals surface area contributed by atoms with Crippen molar-refractivity contribution in [2.75, 3.05) is 13.6 Å². The summed E-state index contributed by atoms with van der Waals surface area (Å²) >= 11 is 0. The van der Waals surface area contributed by atoms with Gasteiger partial charge in [0.05, 0.1) is 12.7 Å². The summed E-state index contributed by atoms with van der Waals surface area (Å²) in [4.78, 5) is 4.11. The van der Waals surface area contributed by atoms with Gasteiger partial charge in [-0.25, -0.2) is 0 Å². The largest absolute Gasteiger partial charge is 0.372 e. The first-order chi connectivity index (χ1) is 6.72. The van der Waals surface area contributed by atoms with E-state index in [1.165, 1.54) is 5.56 Å². The van der Waals surface area contributed by atoms with Crippen LogP contribution in [0.4, 0.5) is 0 Å². The first-order valence-corrected chi connectivity index (χ1v) is 4.89. The fourth-order valence-corrected chi connectivity index (χ4v) is 1.28. The van der Waals surface area contributed by atoms with E-state index in [-0.39, 0.29) is 6.10 Å². The van der Waals surface area contributed by atoms with Crippen LogP contribution in [0.2, 0.25) is 0 Å². The molecule has 0 aliphatic rings. The molecule has 3 nitrogen and oxygen atoms in total. The third-order valence-corrected chi connectivity index (χ3v) is 1.96. The van der Waals surface area contributed by atoms with Gasteiger partial charge in [-0.05, 0) is 32.0 Å². The van der Waals surface area contributed by atoms with E-state index in [1.807, 2.05) is 26.4 Å². The van der Waals surface area contributed by atoms with Crippen LogP contribution in [0.25, 0.3) is 0 Å². The Hall–Kier alpha value is -0.930. The number of nitrogens with zero attached hydrogens (tertiary/aromatic N) is 1. The van der Waals surface area contributed by atoms with E-state index < -0.39 is 0 Å². The van der Waals surface area contributed by atoms with Gasteiger partial charge in [-0.1, -0.05) is 6.07 Å². The van der Waals surface area contributed by atoms with E-state index in [9.17, 15) is 0 Å². The van der Waals surface area contributed by atoms with Crippen molar-refractivity contribution >= 4 is 0 Å². The summed E-state index contributed by atoms with van der Waals surface area (Å²) in [7, 11) is 1.92. The Morgan fingerprint density at radius 2 is 2.29 bits per heavy atom. The Labute approximate surface area is 85.5 Å². The van der Waals surface area contributed by atoms with Crippen LogP contribution in [0.1, 0.15) is 18.1 Å². The van der Waals surface area contributed by atoms with E-state index >= 15 is 0 Å². The van der Waals surface area contributed by atoms with Crippen LogP contribution in [0.3, 0.4) is 0 Å². The van der Waals surface area contributed by atoms with Crippen molar-refractivity contribution < 1.29 is 4.74 Å². The highest BCUT2D eigenvalue weighted by Gasteiger charge is 2.01. The highest BCUT2D eigenvalue weighted by Crippen LogP contribution is 2.04. The molecule has 3 heteroatoms. The zero-order valence-corrected chi connectivity index (χ0v) is 9.08. The van der Waals surface area contributed by atoms with Gasteiger partial charge >= 0.3 is 0 Å². The maximum Gasteiger partial charge on any atom is 0.0736 e. The summed E-state index contributed by atoms with van der Waals surface area (Å²) in [5.74, 6) is 0. The molecular formula is C11H18N2O. The van der Waals surface area contributed by atoms with Crippen LogP contribution in [0, 0.1) is 6.92 Å². The lowest BCUT2D eigenvalue weighted by Gasteiger charge is -2.12. The highest BCUT2D eigenvalue weighted by atomic mass is 16.5. The Bertz CT molecular complexity index is 276. The van der Waals surface area contributed by atoms with Crippen molar-refractivity contribution in [2.24, 2.45) is 0 Å². The summed E-state index contributed by atoms with van der Waals surface area (Å²) in [6.07, 6.45) is 3.93. The van der Waals surface area contributed by atoms with Crippen molar-refractivity contribution in [1.82, 2.24) is 10.3 Å². The smallest absolute Gasteiger partial charge is 0.0736 e. The second-order valence-electron chi connectivity index (χ2n) is 3.55. The lowest BCUT2D eigenvalue weighted by Crippen LogP contribution is -2.23. The van der Waals surface area contributed by atoms with Crippen LogP contribution >= 0.6 is 0 Å². The topological polar surface area (TPSA) is 34.1 Å². The van der Waals surface area contributed by atoms with Crippen LogP contribution in [-0.4, -0.2) is 24.7 Å². The molecule has 1 heterocycles. The van der Waals surface area contributed by atoms with E-state index in [2.05, 4.69) is 23.3 Å². The van der Waals surface area contributed by atoms with Crippen molar-refractivity contribution in [3.8, 4) is 0 Å². The normalized spacial score (nSPS) is 12.8. The van der Waals surface area contributed by atoms with E-state index in [4.69, 9.17) is 4.74 Å². The molecule has 0 amide bonds. The molecule has 0 spiro atoms. The van der Waals surface area contributed by atoms with E-state index in [0.717, 1.165) is 12.1 Å². The predicted molar refractivity (Wildman–Crippen MR) is 57.2 cm³/mol. The molecule has 0 fully saturated rings. The first kappa shape index (κ1) is 11.1. The minimum atomic E-state index is 0.237. The number of aromatic nitrogens is 1. The first-order valence-electron chi connectivity index (χ1n) is 4.89. The Morgan fingerprint density at radius 3 is 2.93 bits per heavy atom. The predicted octanol–water partition coefficient (Wildman–Crippen LogP) is 1.51. The van der Waals surface area contributed by atoms with Crippen molar-refractivity contribution in [3.05, 3.63) is 29.6 Å². The summed E-state index contributed by atoms with van der Waals surface area (Å²) in [6, 6.07) is 2.10. The zero-order valence-electron chi connectivity index (χ0n) is 9.08. The van der Waals surface area contributed by atoms with Crippen molar-refractivity contribution in [2.45, 2.75) is 26.6 Å². The lowest BCUT2D eigenvalue weighted by atomic mass is 10.2. The molecule has 1 N–H and O–H groups in total. The number of ether oxygens (including phenoxy) is 1. The number of likely N-dealkylation sites (N-methyl/N-ethyl adjacent to an activating group) is 1. The molecule has 0 radical (unpaired) electrons. The van der Waals surface area contributed by atoms with Gasteiger partial charge < -0.3 is 10.1 Å². The number of aryl methyl sites for hydroxylation is 1. The number of hydrogen-bond acceptors (Lipinski definition) is 3. The average molecular weight is 194 g/mol. The molecule has 1 atom stereocenters. The van der Waals surface area contributed by atoms with Crippen LogP contribution in [0.5, 0.6) is 0 Å². The number of nitrogens with one attached hydrogen (secondary N) is 1. The van der Waals surface area contributed by atoms with Gasteiger partial charge in [-0.3, -0.25) is 4.98 Å². The third kappa shape index (κ3) is 3.85. The molecule has 0 aromatic carbocycles. The van der Waals surface area contributed by atoms with E-state index in [0.29, 0.717) is 6.61 Å². The summed E-state index contributed by atoms with van der Waals surface area (Å²) in [5, 5.41) is 3.07. The van der Waals surface area contributed by atoms with Gasteiger partial charge in [0.15, 0.2) is 0 Å². The monoisotopic (exact) mass is 194 g/mol. The Balaban J connectivity index is 2.37. The summed E-state index contributed by atoms with van der Waals surface area (Å²) in [6.45, 7) is 5.60. The van der Waals surface area contributed by atoms with Gasteiger partial charge in [0.25, 0.3) is 0 Å². The van der Waals surface area contributed by atoms with Crippen LogP contribution in [-0.2, 0) is 11.3 Å². The number of hydrogen-bond donors (Lipinski definition) is 1. The molecule has 1 unspecified atom stereocenters. The molecule has 0 aliphatic heterocycles. The standard InChI is InChI=1S/C11H18N2O/c1-9-4-11(7-13-5-9)8-14-10(2)6-12-3/h4-5,7,10,12H,6,8H2,1-3H3. The van der Waals surface area contributed by atoms with Crippen molar-refractivity contribution in [3.63, 3.8) is 0 Å². The maximum absolute atomic E-state index is 5.62. The van der Waals surface area contributed by atoms with Gasteiger partial charge in [0.2, 0.25) is 0 Å². The second-order valence-corrected chi connectivity index (χ2v) is 3.55. The molecule has 78 valence electrons. The zero-order chi connectivity index (χ0) is 10.4. The molecule has 1 rings (SSSR count). The van der Waals surface area contributed by atoms with Crippen LogP contribution in [0.15, 0.2) is 18.5 Å². The second kappa shape index (κ2) is 5.73. The minimum absolute atomic E-state index is 0.237. The molecule has 1 aromatic rings. The molecule has 0 saturated heterocycles. The molecule has 0 saturated carbocycles.